The first kappa shape index (κ1) is 11.4. The molecule has 0 unspecified atom stereocenters. The van der Waals surface area contributed by atoms with Crippen molar-refractivity contribution in [3.8, 4) is 0 Å². The van der Waals surface area contributed by atoms with Gasteiger partial charge in [-0.05, 0) is 29.9 Å². The first-order chi connectivity index (χ1) is 6.74. The molecule has 0 bridgehead atoms. The second-order valence-corrected chi connectivity index (χ2v) is 4.08. The highest BCUT2D eigenvalue weighted by atomic mass is 32.2. The second-order valence-electron chi connectivity index (χ2n) is 3.23. The van der Waals surface area contributed by atoms with E-state index < -0.39 is 0 Å². The van der Waals surface area contributed by atoms with Crippen LogP contribution in [0.1, 0.15) is 25.0 Å². The van der Waals surface area contributed by atoms with E-state index in [2.05, 4.69) is 44.9 Å². The number of benzene rings is 1. The fourth-order valence-corrected chi connectivity index (χ4v) is 2.32. The molecule has 0 saturated heterocycles. The SMILES string of the molecule is C=C[C](C)c1cccc(SC)c1CC. The maximum absolute atomic E-state index is 3.82. The zero-order valence-corrected chi connectivity index (χ0v) is 9.95. The molecular formula is C13H17S. The molecule has 0 nitrogen and oxygen atoms in total. The molecule has 75 valence electrons. The molecule has 1 aromatic rings. The highest BCUT2D eigenvalue weighted by molar-refractivity contribution is 7.98. The molecule has 0 N–H and O–H groups in total. The average molecular weight is 205 g/mol. The fraction of sp³-hybridized carbons (Fsp3) is 0.308. The van der Waals surface area contributed by atoms with Gasteiger partial charge in [0.25, 0.3) is 0 Å². The van der Waals surface area contributed by atoms with Crippen LogP contribution in [0.25, 0.3) is 0 Å². The Morgan fingerprint density at radius 3 is 2.71 bits per heavy atom. The third-order valence-corrected chi connectivity index (χ3v) is 3.26. The Balaban J connectivity index is 3.21. The van der Waals surface area contributed by atoms with Crippen molar-refractivity contribution < 1.29 is 0 Å². The van der Waals surface area contributed by atoms with E-state index in [0.717, 1.165) is 6.42 Å². The van der Waals surface area contributed by atoms with Gasteiger partial charge in [0.2, 0.25) is 0 Å². The van der Waals surface area contributed by atoms with E-state index in [9.17, 15) is 0 Å². The van der Waals surface area contributed by atoms with Gasteiger partial charge in [0.05, 0.1) is 0 Å². The molecular weight excluding hydrogens is 188 g/mol. The standard InChI is InChI=1S/C13H17S/c1-5-10(3)12-8-7-9-13(14-4)11(12)6-2/h5,7-9H,1,6H2,2-4H3. The minimum Gasteiger partial charge on any atom is -0.129 e. The number of hydrogen-bond acceptors (Lipinski definition) is 1. The Morgan fingerprint density at radius 2 is 2.21 bits per heavy atom. The smallest absolute Gasteiger partial charge is 0.0233 e. The van der Waals surface area contributed by atoms with Gasteiger partial charge >= 0.3 is 0 Å². The van der Waals surface area contributed by atoms with Gasteiger partial charge in [-0.3, -0.25) is 0 Å². The minimum absolute atomic E-state index is 1.08. The van der Waals surface area contributed by atoms with E-state index in [4.69, 9.17) is 0 Å². The summed E-state index contributed by atoms with van der Waals surface area (Å²) in [6.07, 6.45) is 5.14. The van der Waals surface area contributed by atoms with Gasteiger partial charge < -0.3 is 0 Å². The van der Waals surface area contributed by atoms with E-state index in [1.54, 1.807) is 0 Å². The molecule has 1 heteroatoms. The van der Waals surface area contributed by atoms with Crippen molar-refractivity contribution in [1.29, 1.82) is 0 Å². The molecule has 0 aliphatic heterocycles. The number of thioether (sulfide) groups is 1. The van der Waals surface area contributed by atoms with Crippen LogP contribution >= 0.6 is 11.8 Å². The van der Waals surface area contributed by atoms with Crippen molar-refractivity contribution >= 4 is 11.8 Å². The fourth-order valence-electron chi connectivity index (χ4n) is 1.60. The molecule has 1 aromatic carbocycles. The van der Waals surface area contributed by atoms with Gasteiger partial charge in [0, 0.05) is 10.8 Å². The van der Waals surface area contributed by atoms with E-state index in [0.29, 0.717) is 0 Å². The molecule has 0 aliphatic rings. The highest BCUT2D eigenvalue weighted by Crippen LogP contribution is 2.28. The lowest BCUT2D eigenvalue weighted by Crippen LogP contribution is -1.98. The van der Waals surface area contributed by atoms with Crippen LogP contribution in [0.4, 0.5) is 0 Å². The van der Waals surface area contributed by atoms with E-state index >= 15 is 0 Å². The van der Waals surface area contributed by atoms with Crippen LogP contribution in [-0.2, 0) is 6.42 Å². The van der Waals surface area contributed by atoms with Gasteiger partial charge in [-0.25, -0.2) is 0 Å². The summed E-state index contributed by atoms with van der Waals surface area (Å²) in [4.78, 5) is 1.38. The molecule has 0 fully saturated rings. The summed E-state index contributed by atoms with van der Waals surface area (Å²) in [5, 5.41) is 0. The summed E-state index contributed by atoms with van der Waals surface area (Å²) >= 11 is 1.81. The molecule has 1 rings (SSSR count). The molecule has 0 amide bonds. The van der Waals surface area contributed by atoms with Crippen LogP contribution in [-0.4, -0.2) is 6.26 Å². The monoisotopic (exact) mass is 205 g/mol. The summed E-state index contributed by atoms with van der Waals surface area (Å²) in [6, 6.07) is 6.48. The van der Waals surface area contributed by atoms with Crippen LogP contribution < -0.4 is 0 Å². The van der Waals surface area contributed by atoms with E-state index in [1.807, 2.05) is 17.8 Å². The third-order valence-electron chi connectivity index (χ3n) is 2.44. The van der Waals surface area contributed by atoms with Crippen molar-refractivity contribution in [2.24, 2.45) is 0 Å². The van der Waals surface area contributed by atoms with E-state index in [1.165, 1.54) is 21.9 Å². The van der Waals surface area contributed by atoms with Crippen LogP contribution in [0.2, 0.25) is 0 Å². The van der Waals surface area contributed by atoms with Crippen LogP contribution in [0.3, 0.4) is 0 Å². The summed E-state index contributed by atoms with van der Waals surface area (Å²) in [5.41, 5.74) is 2.78. The van der Waals surface area contributed by atoms with Crippen LogP contribution in [0.5, 0.6) is 0 Å². The number of rotatable bonds is 4. The average Bonchev–Trinajstić information content (AvgIpc) is 2.26. The van der Waals surface area contributed by atoms with E-state index in [-0.39, 0.29) is 0 Å². The maximum atomic E-state index is 3.82. The quantitative estimate of drug-likeness (QED) is 0.667. The topological polar surface area (TPSA) is 0 Å². The Labute approximate surface area is 91.4 Å². The minimum atomic E-state index is 1.08. The second kappa shape index (κ2) is 5.26. The normalized spacial score (nSPS) is 10.6. The molecule has 0 atom stereocenters. The summed E-state index contributed by atoms with van der Waals surface area (Å²) in [6.45, 7) is 8.14. The van der Waals surface area contributed by atoms with Crippen LogP contribution in [0.15, 0.2) is 35.7 Å². The van der Waals surface area contributed by atoms with Crippen molar-refractivity contribution in [3.63, 3.8) is 0 Å². The zero-order chi connectivity index (χ0) is 10.6. The molecule has 0 saturated carbocycles. The summed E-state index contributed by atoms with van der Waals surface area (Å²) < 4.78 is 0. The first-order valence-corrected chi connectivity index (χ1v) is 6.09. The Bertz CT molecular complexity index is 315. The third kappa shape index (κ3) is 2.21. The van der Waals surface area contributed by atoms with Crippen LogP contribution in [0, 0.1) is 5.92 Å². The maximum Gasteiger partial charge on any atom is 0.0233 e. The summed E-state index contributed by atoms with van der Waals surface area (Å²) in [7, 11) is 0. The van der Waals surface area contributed by atoms with Gasteiger partial charge in [0.15, 0.2) is 0 Å². The first-order valence-electron chi connectivity index (χ1n) is 4.86. The molecule has 0 aliphatic carbocycles. The van der Waals surface area contributed by atoms with Crippen molar-refractivity contribution in [2.75, 3.05) is 6.26 Å². The summed E-state index contributed by atoms with van der Waals surface area (Å²) in [5.74, 6) is 1.26. The van der Waals surface area contributed by atoms with Gasteiger partial charge in [-0.15, -0.1) is 18.3 Å². The molecule has 1 radical (unpaired) electrons. The predicted molar refractivity (Wildman–Crippen MR) is 65.8 cm³/mol. The Morgan fingerprint density at radius 1 is 1.50 bits per heavy atom. The number of hydrogen-bond donors (Lipinski definition) is 0. The Kier molecular flexibility index (Phi) is 4.27. The predicted octanol–water partition coefficient (Wildman–Crippen LogP) is 4.10. The lowest BCUT2D eigenvalue weighted by Gasteiger charge is -2.14. The number of allylic oxidation sites excluding steroid dienone is 1. The van der Waals surface area contributed by atoms with Crippen molar-refractivity contribution in [2.45, 2.75) is 25.2 Å². The van der Waals surface area contributed by atoms with Crippen molar-refractivity contribution in [1.82, 2.24) is 0 Å². The highest BCUT2D eigenvalue weighted by Gasteiger charge is 2.09. The molecule has 14 heavy (non-hydrogen) atoms. The molecule has 0 aromatic heterocycles. The van der Waals surface area contributed by atoms with Gasteiger partial charge in [-0.2, -0.15) is 0 Å². The molecule has 0 heterocycles. The lowest BCUT2D eigenvalue weighted by molar-refractivity contribution is 1.04. The van der Waals surface area contributed by atoms with Crippen molar-refractivity contribution in [3.05, 3.63) is 47.9 Å². The zero-order valence-electron chi connectivity index (χ0n) is 9.13. The Hall–Kier alpha value is -0.690. The lowest BCUT2D eigenvalue weighted by atomic mass is 9.94. The van der Waals surface area contributed by atoms with Gasteiger partial charge in [0.1, 0.15) is 0 Å². The molecule has 0 spiro atoms. The largest absolute Gasteiger partial charge is 0.129 e. The van der Waals surface area contributed by atoms with Gasteiger partial charge in [-0.1, -0.05) is 32.1 Å².